The average Bonchev–Trinajstić information content (AvgIpc) is 2.88. The molecule has 0 saturated carbocycles. The summed E-state index contributed by atoms with van der Waals surface area (Å²) in [6, 6.07) is 3.71. The number of ether oxygens (including phenoxy) is 1. The predicted octanol–water partition coefficient (Wildman–Crippen LogP) is 3.42. The van der Waals surface area contributed by atoms with Gasteiger partial charge in [-0.15, -0.1) is 5.10 Å². The summed E-state index contributed by atoms with van der Waals surface area (Å²) in [6.45, 7) is 0.233. The third-order valence-electron chi connectivity index (χ3n) is 3.36. The summed E-state index contributed by atoms with van der Waals surface area (Å²) >= 11 is 2.18. The van der Waals surface area contributed by atoms with E-state index in [1.54, 1.807) is 30.1 Å². The molecule has 0 atom stereocenters. The van der Waals surface area contributed by atoms with Crippen molar-refractivity contribution in [2.24, 2.45) is 7.05 Å². The van der Waals surface area contributed by atoms with Crippen molar-refractivity contribution >= 4 is 28.2 Å². The van der Waals surface area contributed by atoms with Crippen LogP contribution in [0, 0.1) is 3.57 Å². The normalized spacial score (nSPS) is 14.5. The van der Waals surface area contributed by atoms with E-state index in [1.165, 1.54) is 0 Å². The Morgan fingerprint density at radius 2 is 2.27 bits per heavy atom. The number of halogens is 2. The fraction of sp³-hybridized carbons (Fsp3) is 0.267. The Morgan fingerprint density at radius 1 is 1.41 bits per heavy atom. The smallest absolute Gasteiger partial charge is 0.213 e. The molecule has 0 spiro atoms. The van der Waals surface area contributed by atoms with Crippen molar-refractivity contribution in [3.05, 3.63) is 51.3 Å². The molecule has 0 N–H and O–H groups in total. The lowest BCUT2D eigenvalue weighted by Crippen LogP contribution is -2.06. The van der Waals surface area contributed by atoms with Crippen LogP contribution in [-0.4, -0.2) is 20.0 Å². The second kappa shape index (κ2) is 6.55. The van der Waals surface area contributed by atoms with Crippen LogP contribution >= 0.6 is 22.6 Å². The van der Waals surface area contributed by atoms with Gasteiger partial charge in [0, 0.05) is 34.9 Å². The highest BCUT2D eigenvalue weighted by Crippen LogP contribution is 2.29. The Balaban J connectivity index is 1.83. The Bertz CT molecular complexity index is 737. The van der Waals surface area contributed by atoms with E-state index in [-0.39, 0.29) is 12.4 Å². The maximum atomic E-state index is 14.0. The predicted molar refractivity (Wildman–Crippen MR) is 88.7 cm³/mol. The first-order chi connectivity index (χ1) is 10.6. The van der Waals surface area contributed by atoms with E-state index in [0.29, 0.717) is 30.0 Å². The molecule has 1 aliphatic carbocycles. The molecule has 3 rings (SSSR count). The minimum atomic E-state index is -0.156. The quantitative estimate of drug-likeness (QED) is 0.723. The minimum Gasteiger partial charge on any atom is -0.471 e. The van der Waals surface area contributed by atoms with E-state index >= 15 is 0 Å². The molecule has 0 unspecified atom stereocenters. The monoisotopic (exact) mass is 412 g/mol. The fourth-order valence-corrected chi connectivity index (χ4v) is 2.50. The van der Waals surface area contributed by atoms with Gasteiger partial charge < -0.3 is 4.74 Å². The Labute approximate surface area is 141 Å². The van der Waals surface area contributed by atoms with Gasteiger partial charge >= 0.3 is 0 Å². The van der Waals surface area contributed by atoms with Gasteiger partial charge in [0.15, 0.2) is 0 Å². The van der Waals surface area contributed by atoms with Crippen molar-refractivity contribution in [3.63, 3.8) is 0 Å². The molecule has 0 saturated heterocycles. The van der Waals surface area contributed by atoms with Crippen LogP contribution in [0.1, 0.15) is 24.2 Å². The summed E-state index contributed by atoms with van der Waals surface area (Å²) in [5.74, 6) is 0.359. The van der Waals surface area contributed by atoms with Crippen LogP contribution in [-0.2, 0) is 13.7 Å². The number of aryl methyl sites for hydroxylation is 1. The first-order valence-corrected chi connectivity index (χ1v) is 7.91. The second-order valence-electron chi connectivity index (χ2n) is 4.87. The number of allylic oxidation sites excluding steroid dienone is 4. The maximum absolute atomic E-state index is 14.0. The van der Waals surface area contributed by atoms with Crippen molar-refractivity contribution < 1.29 is 9.13 Å². The Kier molecular flexibility index (Phi) is 4.51. The van der Waals surface area contributed by atoms with Crippen LogP contribution in [0.3, 0.4) is 0 Å². The minimum absolute atomic E-state index is 0.156. The van der Waals surface area contributed by atoms with Gasteiger partial charge in [-0.05, 0) is 35.1 Å². The largest absolute Gasteiger partial charge is 0.471 e. The van der Waals surface area contributed by atoms with E-state index < -0.39 is 0 Å². The van der Waals surface area contributed by atoms with Crippen molar-refractivity contribution in [2.75, 3.05) is 0 Å². The molecular formula is C15H14FIN4O. The van der Waals surface area contributed by atoms with Crippen molar-refractivity contribution in [1.29, 1.82) is 0 Å². The highest BCUT2D eigenvalue weighted by Gasteiger charge is 2.19. The molecule has 0 aliphatic heterocycles. The Morgan fingerprint density at radius 3 is 3.00 bits per heavy atom. The maximum Gasteiger partial charge on any atom is 0.213 e. The van der Waals surface area contributed by atoms with E-state index in [0.717, 1.165) is 9.26 Å². The molecule has 2 aromatic heterocycles. The molecule has 0 fully saturated rings. The standard InChI is InChI=1S/C15H14FIN4O/c1-21-13(9-22-14-7-6-10(17)8-18-14)15(19-20-21)11-4-2-3-5-12(11)16/h2,4,6-8H,3,5,9H2,1H3. The first-order valence-electron chi connectivity index (χ1n) is 6.83. The number of aromatic nitrogens is 4. The fourth-order valence-electron chi connectivity index (χ4n) is 2.18. The van der Waals surface area contributed by atoms with Gasteiger partial charge in [-0.1, -0.05) is 17.4 Å². The SMILES string of the molecule is Cn1nnc(C2=C(F)CCC=C2)c1COc1ccc(I)cn1. The number of hydrogen-bond acceptors (Lipinski definition) is 4. The summed E-state index contributed by atoms with van der Waals surface area (Å²) in [5.41, 5.74) is 1.74. The van der Waals surface area contributed by atoms with Crippen LogP contribution in [0.15, 0.2) is 36.3 Å². The van der Waals surface area contributed by atoms with E-state index in [1.807, 2.05) is 12.1 Å². The average molecular weight is 412 g/mol. The molecule has 1 aliphatic rings. The van der Waals surface area contributed by atoms with Crippen molar-refractivity contribution in [3.8, 4) is 5.88 Å². The first kappa shape index (κ1) is 15.1. The molecule has 0 aromatic carbocycles. The van der Waals surface area contributed by atoms with Crippen LogP contribution < -0.4 is 4.74 Å². The van der Waals surface area contributed by atoms with Gasteiger partial charge in [-0.2, -0.15) is 0 Å². The number of hydrogen-bond donors (Lipinski definition) is 0. The molecule has 0 radical (unpaired) electrons. The lowest BCUT2D eigenvalue weighted by atomic mass is 10.0. The summed E-state index contributed by atoms with van der Waals surface area (Å²) in [6.07, 6.45) is 6.55. The molecule has 7 heteroatoms. The highest BCUT2D eigenvalue weighted by atomic mass is 127. The van der Waals surface area contributed by atoms with Crippen molar-refractivity contribution in [2.45, 2.75) is 19.4 Å². The zero-order chi connectivity index (χ0) is 15.5. The number of nitrogens with zero attached hydrogens (tertiary/aromatic N) is 4. The van der Waals surface area contributed by atoms with Crippen molar-refractivity contribution in [1.82, 2.24) is 20.0 Å². The summed E-state index contributed by atoms with van der Waals surface area (Å²) in [4.78, 5) is 4.18. The molecule has 2 heterocycles. The molecule has 0 amide bonds. The van der Waals surface area contributed by atoms with Crippen LogP contribution in [0.4, 0.5) is 4.39 Å². The van der Waals surface area contributed by atoms with E-state index in [4.69, 9.17) is 4.74 Å². The number of pyridine rings is 1. The molecule has 114 valence electrons. The van der Waals surface area contributed by atoms with E-state index in [2.05, 4.69) is 37.9 Å². The molecular weight excluding hydrogens is 398 g/mol. The summed E-state index contributed by atoms with van der Waals surface area (Å²) in [7, 11) is 1.77. The van der Waals surface area contributed by atoms with Crippen LogP contribution in [0.2, 0.25) is 0 Å². The number of rotatable bonds is 4. The third kappa shape index (κ3) is 3.18. The Hall–Kier alpha value is -1.77. The van der Waals surface area contributed by atoms with Crippen LogP contribution in [0.5, 0.6) is 5.88 Å². The van der Waals surface area contributed by atoms with Gasteiger partial charge in [-0.3, -0.25) is 0 Å². The summed E-state index contributed by atoms with van der Waals surface area (Å²) < 4.78 is 22.3. The third-order valence-corrected chi connectivity index (χ3v) is 4.00. The van der Waals surface area contributed by atoms with Gasteiger partial charge in [0.25, 0.3) is 0 Å². The molecule has 2 aromatic rings. The summed E-state index contributed by atoms with van der Waals surface area (Å²) in [5, 5.41) is 8.06. The lowest BCUT2D eigenvalue weighted by molar-refractivity contribution is 0.283. The van der Waals surface area contributed by atoms with Gasteiger partial charge in [0.2, 0.25) is 5.88 Å². The highest BCUT2D eigenvalue weighted by molar-refractivity contribution is 14.1. The second-order valence-corrected chi connectivity index (χ2v) is 6.12. The topological polar surface area (TPSA) is 52.8 Å². The molecule has 0 bridgehead atoms. The zero-order valence-electron chi connectivity index (χ0n) is 12.0. The van der Waals surface area contributed by atoms with E-state index in [9.17, 15) is 4.39 Å². The lowest BCUT2D eigenvalue weighted by Gasteiger charge is -2.10. The van der Waals surface area contributed by atoms with Gasteiger partial charge in [0.05, 0.1) is 0 Å². The molecule has 22 heavy (non-hydrogen) atoms. The van der Waals surface area contributed by atoms with Crippen LogP contribution in [0.25, 0.3) is 5.57 Å². The van der Waals surface area contributed by atoms with Gasteiger partial charge in [-0.25, -0.2) is 14.1 Å². The molecule has 5 nitrogen and oxygen atoms in total. The van der Waals surface area contributed by atoms with Gasteiger partial charge in [0.1, 0.15) is 23.8 Å². The zero-order valence-corrected chi connectivity index (χ0v) is 14.1.